The van der Waals surface area contributed by atoms with Gasteiger partial charge >= 0.3 is 0 Å². The number of likely N-dealkylation sites (tertiary alicyclic amines) is 1. The molecule has 2 heterocycles. The minimum Gasteiger partial charge on any atom is -0.309 e. The van der Waals surface area contributed by atoms with Crippen molar-refractivity contribution in [2.24, 2.45) is 7.05 Å². The molecule has 0 spiro atoms. The van der Waals surface area contributed by atoms with E-state index in [9.17, 15) is 0 Å². The van der Waals surface area contributed by atoms with E-state index in [0.717, 1.165) is 36.6 Å². The third kappa shape index (κ3) is 3.36. The van der Waals surface area contributed by atoms with E-state index in [1.807, 2.05) is 25.2 Å². The van der Waals surface area contributed by atoms with Crippen molar-refractivity contribution < 1.29 is 0 Å². The molecule has 0 unspecified atom stereocenters. The standard InChI is InChI=1S/C17H25N5/c1-3-22-11-7-10-15(22)12-18-13-16-17(20-21(2)19-16)14-8-5-4-6-9-14/h4-6,8-9,15,18H,3,7,10-13H2,1-2H3/t15-/m0/s1. The molecule has 0 amide bonds. The average Bonchev–Trinajstić information content (AvgIpc) is 3.14. The molecule has 1 aromatic carbocycles. The molecular formula is C17H25N5. The highest BCUT2D eigenvalue weighted by Crippen LogP contribution is 2.20. The Balaban J connectivity index is 1.63. The van der Waals surface area contributed by atoms with Crippen LogP contribution in [0, 0.1) is 0 Å². The highest BCUT2D eigenvalue weighted by Gasteiger charge is 2.22. The Bertz CT molecular complexity index is 592. The highest BCUT2D eigenvalue weighted by molar-refractivity contribution is 5.60. The predicted octanol–water partition coefficient (Wildman–Crippen LogP) is 2.06. The quantitative estimate of drug-likeness (QED) is 0.887. The normalized spacial score (nSPS) is 18.9. The van der Waals surface area contributed by atoms with Crippen LogP contribution in [0.3, 0.4) is 0 Å². The van der Waals surface area contributed by atoms with Gasteiger partial charge in [-0.2, -0.15) is 15.0 Å². The Kier molecular flexibility index (Phi) is 4.85. The summed E-state index contributed by atoms with van der Waals surface area (Å²) < 4.78 is 0. The molecule has 3 rings (SSSR count). The van der Waals surface area contributed by atoms with E-state index in [-0.39, 0.29) is 0 Å². The van der Waals surface area contributed by atoms with Crippen LogP contribution in [0.15, 0.2) is 30.3 Å². The van der Waals surface area contributed by atoms with Crippen LogP contribution in [0.25, 0.3) is 11.3 Å². The van der Waals surface area contributed by atoms with Crippen LogP contribution in [0.2, 0.25) is 0 Å². The molecule has 22 heavy (non-hydrogen) atoms. The van der Waals surface area contributed by atoms with Gasteiger partial charge in [0.05, 0.1) is 0 Å². The van der Waals surface area contributed by atoms with Crippen LogP contribution in [0.5, 0.6) is 0 Å². The largest absolute Gasteiger partial charge is 0.309 e. The maximum Gasteiger partial charge on any atom is 0.117 e. The fourth-order valence-electron chi connectivity index (χ4n) is 3.29. The first-order valence-electron chi connectivity index (χ1n) is 8.18. The molecule has 0 radical (unpaired) electrons. The van der Waals surface area contributed by atoms with Crippen molar-refractivity contribution in [3.8, 4) is 11.3 Å². The lowest BCUT2D eigenvalue weighted by atomic mass is 10.1. The van der Waals surface area contributed by atoms with Crippen molar-refractivity contribution in [3.63, 3.8) is 0 Å². The molecule has 5 heteroatoms. The molecule has 0 aliphatic carbocycles. The lowest BCUT2D eigenvalue weighted by molar-refractivity contribution is 0.259. The predicted molar refractivity (Wildman–Crippen MR) is 88.4 cm³/mol. The van der Waals surface area contributed by atoms with E-state index in [1.165, 1.54) is 19.4 Å². The van der Waals surface area contributed by atoms with Crippen LogP contribution >= 0.6 is 0 Å². The Hall–Kier alpha value is -1.72. The summed E-state index contributed by atoms with van der Waals surface area (Å²) in [5.41, 5.74) is 3.13. The minimum absolute atomic E-state index is 0.668. The van der Waals surface area contributed by atoms with Crippen LogP contribution in [0.1, 0.15) is 25.5 Å². The molecule has 0 saturated carbocycles. The van der Waals surface area contributed by atoms with Gasteiger partial charge in [0, 0.05) is 31.7 Å². The van der Waals surface area contributed by atoms with Gasteiger partial charge in [-0.3, -0.25) is 4.90 Å². The number of aromatic nitrogens is 3. The van der Waals surface area contributed by atoms with Crippen LogP contribution < -0.4 is 5.32 Å². The lowest BCUT2D eigenvalue weighted by Gasteiger charge is -2.22. The van der Waals surface area contributed by atoms with Gasteiger partial charge < -0.3 is 5.32 Å². The van der Waals surface area contributed by atoms with Crippen molar-refractivity contribution in [2.45, 2.75) is 32.4 Å². The number of aryl methyl sites for hydroxylation is 1. The Morgan fingerprint density at radius 3 is 2.82 bits per heavy atom. The Labute approximate surface area is 132 Å². The topological polar surface area (TPSA) is 46.0 Å². The molecule has 1 aliphatic heterocycles. The fourth-order valence-corrected chi connectivity index (χ4v) is 3.29. The molecule has 1 fully saturated rings. The summed E-state index contributed by atoms with van der Waals surface area (Å²) in [6.07, 6.45) is 2.62. The average molecular weight is 299 g/mol. The zero-order chi connectivity index (χ0) is 15.4. The molecular weight excluding hydrogens is 274 g/mol. The fraction of sp³-hybridized carbons (Fsp3) is 0.529. The van der Waals surface area contributed by atoms with Gasteiger partial charge in [0.15, 0.2) is 0 Å². The second-order valence-electron chi connectivity index (χ2n) is 5.91. The first-order chi connectivity index (χ1) is 10.8. The van der Waals surface area contributed by atoms with E-state index in [2.05, 4.69) is 39.5 Å². The SMILES string of the molecule is CCN1CCC[C@H]1CNCc1nn(C)nc1-c1ccccc1. The number of nitrogens with one attached hydrogen (secondary N) is 1. The first-order valence-corrected chi connectivity index (χ1v) is 8.18. The number of likely N-dealkylation sites (N-methyl/N-ethyl adjacent to an activating group) is 1. The van der Waals surface area contributed by atoms with Crippen LogP contribution in [-0.2, 0) is 13.6 Å². The van der Waals surface area contributed by atoms with E-state index in [4.69, 9.17) is 0 Å². The van der Waals surface area contributed by atoms with Gasteiger partial charge in [-0.1, -0.05) is 37.3 Å². The smallest absolute Gasteiger partial charge is 0.117 e. The Morgan fingerprint density at radius 2 is 2.05 bits per heavy atom. The highest BCUT2D eigenvalue weighted by atomic mass is 15.5. The third-order valence-electron chi connectivity index (χ3n) is 4.41. The summed E-state index contributed by atoms with van der Waals surface area (Å²) in [5.74, 6) is 0. The van der Waals surface area contributed by atoms with Gasteiger partial charge in [-0.15, -0.1) is 0 Å². The minimum atomic E-state index is 0.668. The van der Waals surface area contributed by atoms with E-state index in [0.29, 0.717) is 6.04 Å². The molecule has 118 valence electrons. The second kappa shape index (κ2) is 7.03. The molecule has 5 nitrogen and oxygen atoms in total. The summed E-state index contributed by atoms with van der Waals surface area (Å²) in [4.78, 5) is 4.22. The van der Waals surface area contributed by atoms with Crippen molar-refractivity contribution in [2.75, 3.05) is 19.6 Å². The summed E-state index contributed by atoms with van der Waals surface area (Å²) in [6.45, 7) is 6.43. The first kappa shape index (κ1) is 15.2. The summed E-state index contributed by atoms with van der Waals surface area (Å²) in [6, 6.07) is 10.9. The van der Waals surface area contributed by atoms with Crippen molar-refractivity contribution in [1.82, 2.24) is 25.2 Å². The van der Waals surface area contributed by atoms with E-state index < -0.39 is 0 Å². The maximum atomic E-state index is 4.52. The maximum absolute atomic E-state index is 4.52. The van der Waals surface area contributed by atoms with Crippen LogP contribution in [-0.4, -0.2) is 45.6 Å². The summed E-state index contributed by atoms with van der Waals surface area (Å²) >= 11 is 0. The summed E-state index contributed by atoms with van der Waals surface area (Å²) in [7, 11) is 1.88. The molecule has 2 aromatic rings. The monoisotopic (exact) mass is 299 g/mol. The molecule has 1 N–H and O–H groups in total. The van der Waals surface area contributed by atoms with Gasteiger partial charge in [-0.25, -0.2) is 0 Å². The number of benzene rings is 1. The van der Waals surface area contributed by atoms with Gasteiger partial charge in [0.1, 0.15) is 11.4 Å². The molecule has 1 atom stereocenters. The van der Waals surface area contributed by atoms with Gasteiger partial charge in [0.2, 0.25) is 0 Å². The Morgan fingerprint density at radius 1 is 1.23 bits per heavy atom. The molecule has 0 bridgehead atoms. The van der Waals surface area contributed by atoms with Crippen molar-refractivity contribution >= 4 is 0 Å². The summed E-state index contributed by atoms with van der Waals surface area (Å²) in [5, 5.41) is 12.6. The number of nitrogens with zero attached hydrogens (tertiary/aromatic N) is 4. The lowest BCUT2D eigenvalue weighted by Crippen LogP contribution is -2.37. The number of hydrogen-bond donors (Lipinski definition) is 1. The molecule has 1 aliphatic rings. The van der Waals surface area contributed by atoms with E-state index >= 15 is 0 Å². The molecule has 1 saturated heterocycles. The van der Waals surface area contributed by atoms with Gasteiger partial charge in [0.25, 0.3) is 0 Å². The number of hydrogen-bond acceptors (Lipinski definition) is 4. The number of rotatable bonds is 6. The third-order valence-corrected chi connectivity index (χ3v) is 4.41. The van der Waals surface area contributed by atoms with Crippen molar-refractivity contribution in [3.05, 3.63) is 36.0 Å². The van der Waals surface area contributed by atoms with Crippen molar-refractivity contribution in [1.29, 1.82) is 0 Å². The van der Waals surface area contributed by atoms with E-state index in [1.54, 1.807) is 4.80 Å². The van der Waals surface area contributed by atoms with Gasteiger partial charge in [-0.05, 0) is 25.9 Å². The second-order valence-corrected chi connectivity index (χ2v) is 5.91. The zero-order valence-corrected chi connectivity index (χ0v) is 13.5. The van der Waals surface area contributed by atoms with Crippen LogP contribution in [0.4, 0.5) is 0 Å². The zero-order valence-electron chi connectivity index (χ0n) is 13.5. The molecule has 1 aromatic heterocycles.